The number of carbonyl (C=O) groups is 1. The highest BCUT2D eigenvalue weighted by Gasteiger charge is 1.97. The number of nitrogens with one attached hydrogen (secondary N) is 1. The second-order valence-corrected chi connectivity index (χ2v) is 3.59. The monoisotopic (exact) mass is 195 g/mol. The van der Waals surface area contributed by atoms with Crippen LogP contribution in [0.25, 0.3) is 0 Å². The van der Waals surface area contributed by atoms with E-state index in [0.29, 0.717) is 13.0 Å². The van der Waals surface area contributed by atoms with E-state index in [9.17, 15) is 4.79 Å². The number of ketones is 1. The fourth-order valence-corrected chi connectivity index (χ4v) is 1.51. The van der Waals surface area contributed by atoms with Crippen molar-refractivity contribution in [3.63, 3.8) is 0 Å². The van der Waals surface area contributed by atoms with Crippen LogP contribution < -0.4 is 4.72 Å². The Labute approximate surface area is 82.9 Å². The Morgan fingerprint density at radius 3 is 2.69 bits per heavy atom. The van der Waals surface area contributed by atoms with E-state index in [2.05, 4.69) is 4.72 Å². The van der Waals surface area contributed by atoms with Crippen LogP contribution in [0, 0.1) is 0 Å². The Morgan fingerprint density at radius 1 is 1.38 bits per heavy atom. The predicted molar refractivity (Wildman–Crippen MR) is 55.6 cm³/mol. The normalized spacial score (nSPS) is 9.92. The minimum atomic E-state index is 0.239. The fraction of sp³-hybridized carbons (Fsp3) is 0.300. The molecule has 0 amide bonds. The molecule has 1 aromatic rings. The highest BCUT2D eigenvalue weighted by molar-refractivity contribution is 7.97. The summed E-state index contributed by atoms with van der Waals surface area (Å²) in [6, 6.07) is 9.95. The van der Waals surface area contributed by atoms with E-state index in [1.807, 2.05) is 37.3 Å². The van der Waals surface area contributed by atoms with Crippen molar-refractivity contribution in [1.82, 2.24) is 4.72 Å². The fourth-order valence-electron chi connectivity index (χ4n) is 0.813. The molecular formula is C10H13NOS. The lowest BCUT2D eigenvalue weighted by Crippen LogP contribution is -2.15. The van der Waals surface area contributed by atoms with E-state index >= 15 is 0 Å². The summed E-state index contributed by atoms with van der Waals surface area (Å²) < 4.78 is 3.02. The van der Waals surface area contributed by atoms with Gasteiger partial charge in [0.25, 0.3) is 0 Å². The third kappa shape index (κ3) is 4.10. The number of benzene rings is 1. The van der Waals surface area contributed by atoms with Crippen molar-refractivity contribution >= 4 is 17.7 Å². The summed E-state index contributed by atoms with van der Waals surface area (Å²) >= 11 is 1.49. The Morgan fingerprint density at radius 2 is 2.08 bits per heavy atom. The van der Waals surface area contributed by atoms with Crippen LogP contribution in [-0.2, 0) is 4.79 Å². The maximum Gasteiger partial charge on any atom is 0.147 e. The molecule has 0 aliphatic rings. The average Bonchev–Trinajstić information content (AvgIpc) is 2.19. The first kappa shape index (κ1) is 10.3. The van der Waals surface area contributed by atoms with Gasteiger partial charge in [0, 0.05) is 11.3 Å². The van der Waals surface area contributed by atoms with Crippen LogP contribution >= 0.6 is 11.9 Å². The van der Waals surface area contributed by atoms with Crippen molar-refractivity contribution in [2.75, 3.05) is 6.54 Å². The van der Waals surface area contributed by atoms with Crippen molar-refractivity contribution < 1.29 is 4.79 Å². The van der Waals surface area contributed by atoms with E-state index in [4.69, 9.17) is 0 Å². The third-order valence-electron chi connectivity index (χ3n) is 1.60. The summed E-state index contributed by atoms with van der Waals surface area (Å²) in [5.74, 6) is 0.239. The number of rotatable bonds is 5. The molecule has 13 heavy (non-hydrogen) atoms. The molecule has 0 fully saturated rings. The quantitative estimate of drug-likeness (QED) is 0.731. The van der Waals surface area contributed by atoms with Crippen LogP contribution in [0.5, 0.6) is 0 Å². The first-order chi connectivity index (χ1) is 6.33. The second-order valence-electron chi connectivity index (χ2n) is 2.63. The smallest absolute Gasteiger partial charge is 0.147 e. The van der Waals surface area contributed by atoms with Gasteiger partial charge in [-0.05, 0) is 24.1 Å². The molecule has 0 unspecified atom stereocenters. The maximum atomic E-state index is 10.9. The Bertz CT molecular complexity index is 261. The van der Waals surface area contributed by atoms with E-state index in [-0.39, 0.29) is 5.78 Å². The molecule has 1 N–H and O–H groups in total. The molecular weight excluding hydrogens is 182 g/mol. The summed E-state index contributed by atoms with van der Waals surface area (Å²) in [4.78, 5) is 12.1. The van der Waals surface area contributed by atoms with Gasteiger partial charge in [0.05, 0.1) is 6.54 Å². The summed E-state index contributed by atoms with van der Waals surface area (Å²) in [6.07, 6.45) is 0.600. The molecule has 0 aliphatic carbocycles. The zero-order valence-corrected chi connectivity index (χ0v) is 8.43. The maximum absolute atomic E-state index is 10.9. The lowest BCUT2D eigenvalue weighted by molar-refractivity contribution is -0.117. The van der Waals surface area contributed by atoms with Crippen molar-refractivity contribution in [2.45, 2.75) is 18.2 Å². The third-order valence-corrected chi connectivity index (χ3v) is 2.39. The number of carbonyl (C=O) groups excluding carboxylic acids is 1. The van der Waals surface area contributed by atoms with Crippen LogP contribution in [0.4, 0.5) is 0 Å². The SMILES string of the molecule is CCC(=O)CNSc1ccccc1. The highest BCUT2D eigenvalue weighted by Crippen LogP contribution is 2.12. The van der Waals surface area contributed by atoms with Crippen molar-refractivity contribution in [2.24, 2.45) is 0 Å². The molecule has 0 aromatic heterocycles. The van der Waals surface area contributed by atoms with E-state index < -0.39 is 0 Å². The molecule has 1 aromatic carbocycles. The minimum absolute atomic E-state index is 0.239. The van der Waals surface area contributed by atoms with Crippen LogP contribution in [0.15, 0.2) is 35.2 Å². The molecule has 1 rings (SSSR count). The summed E-state index contributed by atoms with van der Waals surface area (Å²) in [5, 5.41) is 0. The van der Waals surface area contributed by atoms with Gasteiger partial charge in [-0.25, -0.2) is 0 Å². The van der Waals surface area contributed by atoms with Gasteiger partial charge in [0.2, 0.25) is 0 Å². The first-order valence-corrected chi connectivity index (χ1v) is 5.11. The molecule has 0 atom stereocenters. The highest BCUT2D eigenvalue weighted by atomic mass is 32.2. The molecule has 0 saturated carbocycles. The first-order valence-electron chi connectivity index (χ1n) is 4.29. The zero-order chi connectivity index (χ0) is 9.52. The lowest BCUT2D eigenvalue weighted by Gasteiger charge is -2.01. The summed E-state index contributed by atoms with van der Waals surface area (Å²) in [7, 11) is 0. The van der Waals surface area contributed by atoms with Crippen LogP contribution in [0.3, 0.4) is 0 Å². The number of hydrogen-bond acceptors (Lipinski definition) is 3. The number of hydrogen-bond donors (Lipinski definition) is 1. The largest absolute Gasteiger partial charge is 0.298 e. The van der Waals surface area contributed by atoms with Crippen LogP contribution in [0.2, 0.25) is 0 Å². The van der Waals surface area contributed by atoms with Gasteiger partial charge in [-0.15, -0.1) is 0 Å². The molecule has 0 saturated heterocycles. The topological polar surface area (TPSA) is 29.1 Å². The molecule has 0 spiro atoms. The Hall–Kier alpha value is -0.800. The van der Waals surface area contributed by atoms with E-state index in [1.165, 1.54) is 11.9 Å². The van der Waals surface area contributed by atoms with Gasteiger partial charge < -0.3 is 0 Å². The van der Waals surface area contributed by atoms with E-state index in [0.717, 1.165) is 4.90 Å². The van der Waals surface area contributed by atoms with Gasteiger partial charge in [0.1, 0.15) is 5.78 Å². The van der Waals surface area contributed by atoms with Crippen molar-refractivity contribution in [3.8, 4) is 0 Å². The molecule has 3 heteroatoms. The van der Waals surface area contributed by atoms with Crippen LogP contribution in [-0.4, -0.2) is 12.3 Å². The second kappa shape index (κ2) is 5.78. The zero-order valence-electron chi connectivity index (χ0n) is 7.62. The van der Waals surface area contributed by atoms with Gasteiger partial charge in [-0.3, -0.25) is 9.52 Å². The summed E-state index contributed by atoms with van der Waals surface area (Å²) in [5.41, 5.74) is 0. The average molecular weight is 195 g/mol. The van der Waals surface area contributed by atoms with Crippen molar-refractivity contribution in [3.05, 3.63) is 30.3 Å². The van der Waals surface area contributed by atoms with Gasteiger partial charge in [-0.1, -0.05) is 25.1 Å². The molecule has 0 heterocycles. The van der Waals surface area contributed by atoms with Gasteiger partial charge >= 0.3 is 0 Å². The molecule has 2 nitrogen and oxygen atoms in total. The molecule has 0 radical (unpaired) electrons. The summed E-state index contributed by atoms with van der Waals surface area (Å²) in [6.45, 7) is 2.31. The lowest BCUT2D eigenvalue weighted by atomic mass is 10.3. The van der Waals surface area contributed by atoms with Crippen molar-refractivity contribution in [1.29, 1.82) is 0 Å². The molecule has 0 bridgehead atoms. The predicted octanol–water partition coefficient (Wildman–Crippen LogP) is 2.26. The van der Waals surface area contributed by atoms with Gasteiger partial charge in [-0.2, -0.15) is 0 Å². The number of Topliss-reactive ketones (excluding diaryl/α,β-unsaturated/α-hetero) is 1. The molecule has 0 aliphatic heterocycles. The van der Waals surface area contributed by atoms with Crippen LogP contribution in [0.1, 0.15) is 13.3 Å². The molecule has 70 valence electrons. The minimum Gasteiger partial charge on any atom is -0.298 e. The Kier molecular flexibility index (Phi) is 4.57. The Balaban J connectivity index is 2.24. The van der Waals surface area contributed by atoms with E-state index in [1.54, 1.807) is 0 Å². The van der Waals surface area contributed by atoms with Gasteiger partial charge in [0.15, 0.2) is 0 Å². The standard InChI is InChI=1S/C10H13NOS/c1-2-9(12)8-11-13-10-6-4-3-5-7-10/h3-7,11H,2,8H2,1H3.